The quantitative estimate of drug-likeness (QED) is 0.204. The van der Waals surface area contributed by atoms with E-state index in [2.05, 4.69) is 138 Å². The molecule has 45 heavy (non-hydrogen) atoms. The van der Waals surface area contributed by atoms with Gasteiger partial charge in [-0.15, -0.1) is 0 Å². The lowest BCUT2D eigenvalue weighted by Crippen LogP contribution is -2.12. The first-order chi connectivity index (χ1) is 22.3. The molecule has 0 bridgehead atoms. The van der Waals surface area contributed by atoms with Crippen LogP contribution in [-0.4, -0.2) is 0 Å². The van der Waals surface area contributed by atoms with Crippen molar-refractivity contribution >= 4 is 60.9 Å². The summed E-state index contributed by atoms with van der Waals surface area (Å²) in [6.07, 6.45) is 0. The monoisotopic (exact) mass is 577 g/mol. The first-order valence-electron chi connectivity index (χ1n) is 15.2. The number of furan rings is 2. The maximum Gasteiger partial charge on any atom is 0.160 e. The summed E-state index contributed by atoms with van der Waals surface area (Å²) in [6, 6.07) is 57.1. The maximum absolute atomic E-state index is 6.76. The molecule has 0 saturated heterocycles. The first kappa shape index (κ1) is 25.4. The van der Waals surface area contributed by atoms with Crippen molar-refractivity contribution in [3.63, 3.8) is 0 Å². The average Bonchev–Trinajstić information content (AvgIpc) is 3.69. The summed E-state index contributed by atoms with van der Waals surface area (Å²) in [7, 11) is 0. The van der Waals surface area contributed by atoms with E-state index in [1.54, 1.807) is 0 Å². The van der Waals surface area contributed by atoms with Crippen molar-refractivity contribution in [3.8, 4) is 22.3 Å². The van der Waals surface area contributed by atoms with Crippen LogP contribution in [0.25, 0.3) is 66.1 Å². The summed E-state index contributed by atoms with van der Waals surface area (Å²) in [5.41, 5.74) is 10.8. The fourth-order valence-corrected chi connectivity index (χ4v) is 6.58. The Balaban J connectivity index is 1.39. The minimum atomic E-state index is 0.831. The van der Waals surface area contributed by atoms with Gasteiger partial charge >= 0.3 is 0 Å². The number of hydrogen-bond acceptors (Lipinski definition) is 3. The van der Waals surface area contributed by atoms with Crippen LogP contribution in [0.5, 0.6) is 0 Å². The van der Waals surface area contributed by atoms with Crippen LogP contribution in [0, 0.1) is 0 Å². The molecule has 0 spiro atoms. The summed E-state index contributed by atoms with van der Waals surface area (Å²) < 4.78 is 13.4. The maximum atomic E-state index is 6.76. The molecular formula is C42H27NO2. The zero-order valence-electron chi connectivity index (χ0n) is 24.4. The van der Waals surface area contributed by atoms with Crippen molar-refractivity contribution in [3.05, 3.63) is 164 Å². The van der Waals surface area contributed by atoms with Gasteiger partial charge in [-0.3, -0.25) is 0 Å². The van der Waals surface area contributed by atoms with Gasteiger partial charge in [0.2, 0.25) is 0 Å². The van der Waals surface area contributed by atoms with E-state index >= 15 is 0 Å². The highest BCUT2D eigenvalue weighted by atomic mass is 16.3. The third-order valence-corrected chi connectivity index (χ3v) is 8.69. The van der Waals surface area contributed by atoms with Gasteiger partial charge in [-0.05, 0) is 53.1 Å². The molecule has 0 amide bonds. The van der Waals surface area contributed by atoms with Gasteiger partial charge in [0, 0.05) is 32.8 Å². The summed E-state index contributed by atoms with van der Waals surface area (Å²) >= 11 is 0. The molecule has 0 N–H and O–H groups in total. The van der Waals surface area contributed by atoms with Crippen molar-refractivity contribution in [2.24, 2.45) is 0 Å². The predicted octanol–water partition coefficient (Wildman–Crippen LogP) is 12.3. The number of benzene rings is 7. The summed E-state index contributed by atoms with van der Waals surface area (Å²) in [5.74, 6) is 0. The average molecular weight is 578 g/mol. The molecule has 3 heteroatoms. The van der Waals surface area contributed by atoms with Gasteiger partial charge in [0.05, 0.1) is 11.4 Å². The Morgan fingerprint density at radius 3 is 1.58 bits per heavy atom. The molecule has 0 atom stereocenters. The summed E-state index contributed by atoms with van der Waals surface area (Å²) in [5, 5.41) is 4.34. The van der Waals surface area contributed by atoms with Crippen LogP contribution in [0.15, 0.2) is 173 Å². The molecular weight excluding hydrogens is 550 g/mol. The van der Waals surface area contributed by atoms with Gasteiger partial charge in [-0.2, -0.15) is 0 Å². The lowest BCUT2D eigenvalue weighted by Gasteiger charge is -2.28. The molecule has 9 aromatic rings. The Morgan fingerprint density at radius 1 is 0.356 bits per heavy atom. The van der Waals surface area contributed by atoms with E-state index in [1.165, 1.54) is 5.56 Å². The van der Waals surface area contributed by atoms with Crippen LogP contribution in [0.1, 0.15) is 0 Å². The largest absolute Gasteiger partial charge is 0.454 e. The Bertz CT molecular complexity index is 2470. The topological polar surface area (TPSA) is 29.5 Å². The molecule has 2 heterocycles. The third-order valence-electron chi connectivity index (χ3n) is 8.69. The molecule has 0 aliphatic heterocycles. The molecule has 0 aliphatic carbocycles. The standard InChI is InChI=1S/C42H27NO2/c1-3-12-28(13-4-1)29-22-24-31(25-23-29)43(37-19-11-18-35-33-16-7-9-20-38(33)44-41(35)37)40-32(30-14-5-2-6-15-30)26-27-36-34-17-8-10-21-39(34)45-42(36)40/h1-27H. The highest BCUT2D eigenvalue weighted by Gasteiger charge is 2.26. The van der Waals surface area contributed by atoms with E-state index in [-0.39, 0.29) is 0 Å². The molecule has 2 aromatic heterocycles. The molecule has 0 aliphatic rings. The Hall–Kier alpha value is -6.06. The lowest BCUT2D eigenvalue weighted by atomic mass is 9.98. The lowest BCUT2D eigenvalue weighted by molar-refractivity contribution is 0.666. The fraction of sp³-hybridized carbons (Fsp3) is 0. The number of hydrogen-bond donors (Lipinski definition) is 0. The third kappa shape index (κ3) is 4.13. The second-order valence-electron chi connectivity index (χ2n) is 11.3. The Labute approximate surface area is 260 Å². The van der Waals surface area contributed by atoms with E-state index in [0.717, 1.165) is 77.6 Å². The minimum Gasteiger partial charge on any atom is -0.454 e. The van der Waals surface area contributed by atoms with Crippen LogP contribution in [0.2, 0.25) is 0 Å². The van der Waals surface area contributed by atoms with Crippen LogP contribution in [0.4, 0.5) is 17.1 Å². The molecule has 9 rings (SSSR count). The number of nitrogens with zero attached hydrogens (tertiary/aromatic N) is 1. The van der Waals surface area contributed by atoms with Gasteiger partial charge in [0.25, 0.3) is 0 Å². The normalized spacial score (nSPS) is 11.6. The molecule has 212 valence electrons. The van der Waals surface area contributed by atoms with Crippen LogP contribution in [0.3, 0.4) is 0 Å². The Kier molecular flexibility index (Phi) is 5.82. The van der Waals surface area contributed by atoms with E-state index < -0.39 is 0 Å². The predicted molar refractivity (Wildman–Crippen MR) is 187 cm³/mol. The van der Waals surface area contributed by atoms with Crippen molar-refractivity contribution in [2.45, 2.75) is 0 Å². The van der Waals surface area contributed by atoms with Crippen LogP contribution >= 0.6 is 0 Å². The molecule has 0 unspecified atom stereocenters. The van der Waals surface area contributed by atoms with Gasteiger partial charge in [0.15, 0.2) is 11.2 Å². The van der Waals surface area contributed by atoms with Crippen LogP contribution < -0.4 is 4.90 Å². The van der Waals surface area contributed by atoms with Gasteiger partial charge in [0.1, 0.15) is 11.2 Å². The van der Waals surface area contributed by atoms with Crippen LogP contribution in [-0.2, 0) is 0 Å². The Morgan fingerprint density at radius 2 is 0.889 bits per heavy atom. The van der Waals surface area contributed by atoms with Gasteiger partial charge < -0.3 is 13.7 Å². The summed E-state index contributed by atoms with van der Waals surface area (Å²) in [4.78, 5) is 2.31. The molecule has 0 fully saturated rings. The zero-order chi connectivity index (χ0) is 29.7. The molecule has 7 aromatic carbocycles. The van der Waals surface area contributed by atoms with E-state index in [0.29, 0.717) is 0 Å². The minimum absolute atomic E-state index is 0.831. The fourth-order valence-electron chi connectivity index (χ4n) is 6.58. The first-order valence-corrected chi connectivity index (χ1v) is 15.2. The molecule has 0 radical (unpaired) electrons. The van der Waals surface area contributed by atoms with E-state index in [1.807, 2.05) is 30.3 Å². The van der Waals surface area contributed by atoms with Crippen molar-refractivity contribution in [1.29, 1.82) is 0 Å². The van der Waals surface area contributed by atoms with Crippen molar-refractivity contribution in [1.82, 2.24) is 0 Å². The van der Waals surface area contributed by atoms with Gasteiger partial charge in [-0.1, -0.05) is 127 Å². The second kappa shape index (κ2) is 10.3. The van der Waals surface area contributed by atoms with Crippen molar-refractivity contribution < 1.29 is 8.83 Å². The number of rotatable bonds is 5. The van der Waals surface area contributed by atoms with E-state index in [4.69, 9.17) is 8.83 Å². The smallest absolute Gasteiger partial charge is 0.160 e. The highest BCUT2D eigenvalue weighted by Crippen LogP contribution is 2.49. The number of anilines is 3. The van der Waals surface area contributed by atoms with Crippen molar-refractivity contribution in [2.75, 3.05) is 4.90 Å². The summed E-state index contributed by atoms with van der Waals surface area (Å²) in [6.45, 7) is 0. The van der Waals surface area contributed by atoms with E-state index in [9.17, 15) is 0 Å². The van der Waals surface area contributed by atoms with Gasteiger partial charge in [-0.25, -0.2) is 0 Å². The molecule has 3 nitrogen and oxygen atoms in total. The highest BCUT2D eigenvalue weighted by molar-refractivity contribution is 6.16. The molecule has 0 saturated carbocycles. The number of para-hydroxylation sites is 3. The second-order valence-corrected chi connectivity index (χ2v) is 11.3. The number of fused-ring (bicyclic) bond motifs is 6. The SMILES string of the molecule is c1ccc(-c2ccc(N(c3cccc4c3oc3ccccc34)c3c(-c4ccccc4)ccc4c3oc3ccccc34)cc2)cc1. The zero-order valence-corrected chi connectivity index (χ0v) is 24.4.